The normalized spacial score (nSPS) is 18.4. The number of carboxylic acid groups (broad SMARTS) is 1. The van der Waals surface area contributed by atoms with E-state index in [4.69, 9.17) is 4.74 Å². The molecule has 1 aliphatic rings. The highest BCUT2D eigenvalue weighted by Gasteiger charge is 2.27. The molecule has 1 saturated heterocycles. The first-order valence-electron chi connectivity index (χ1n) is 7.27. The number of aliphatic carboxylic acids is 1. The first kappa shape index (κ1) is 15.0. The highest BCUT2D eigenvalue weighted by Crippen LogP contribution is 2.25. The predicted octanol–water partition coefficient (Wildman–Crippen LogP) is 2.83. The van der Waals surface area contributed by atoms with Crippen LogP contribution in [0.5, 0.6) is 0 Å². The number of nitrogens with zero attached hydrogens (tertiary/aromatic N) is 1. The summed E-state index contributed by atoms with van der Waals surface area (Å²) in [6, 6.07) is 7.21. The number of methoxy groups -OCH3 is 1. The average Bonchev–Trinajstić information content (AvgIpc) is 2.70. The Labute approximate surface area is 120 Å². The van der Waals surface area contributed by atoms with E-state index >= 15 is 0 Å². The summed E-state index contributed by atoms with van der Waals surface area (Å²) in [6.07, 6.45) is 4.59. The fourth-order valence-corrected chi connectivity index (χ4v) is 2.83. The summed E-state index contributed by atoms with van der Waals surface area (Å²) in [4.78, 5) is 13.8. The Morgan fingerprint density at radius 1 is 1.20 bits per heavy atom. The Hall–Kier alpha value is -1.39. The Morgan fingerprint density at radius 2 is 1.80 bits per heavy atom. The van der Waals surface area contributed by atoms with Crippen molar-refractivity contribution in [1.82, 2.24) is 4.90 Å². The van der Waals surface area contributed by atoms with Crippen LogP contribution in [0.2, 0.25) is 0 Å². The molecular formula is C16H23NO3. The van der Waals surface area contributed by atoms with Gasteiger partial charge in [0.1, 0.15) is 6.04 Å². The fraction of sp³-hybridized carbons (Fsp3) is 0.562. The molecule has 4 nitrogen and oxygen atoms in total. The molecule has 0 aromatic heterocycles. The molecule has 20 heavy (non-hydrogen) atoms. The number of carboxylic acids is 1. The molecule has 0 radical (unpaired) electrons. The molecule has 2 rings (SSSR count). The van der Waals surface area contributed by atoms with Gasteiger partial charge in [-0.1, -0.05) is 37.1 Å². The standard InChI is InChI=1S/C16H23NO3/c1-20-12-13-6-8-14(9-7-13)15(16(18)19)17-10-4-2-3-5-11-17/h6-9,15H,2-5,10-12H2,1H3,(H,18,19). The maximum Gasteiger partial charge on any atom is 0.325 e. The van der Waals surface area contributed by atoms with Gasteiger partial charge in [0.05, 0.1) is 6.61 Å². The number of benzene rings is 1. The van der Waals surface area contributed by atoms with Crippen molar-refractivity contribution in [3.63, 3.8) is 0 Å². The molecule has 0 amide bonds. The van der Waals surface area contributed by atoms with Gasteiger partial charge in [-0.15, -0.1) is 0 Å². The quantitative estimate of drug-likeness (QED) is 0.899. The van der Waals surface area contributed by atoms with Crippen LogP contribution in [0.3, 0.4) is 0 Å². The van der Waals surface area contributed by atoms with Crippen molar-refractivity contribution < 1.29 is 14.6 Å². The molecule has 1 aliphatic heterocycles. The SMILES string of the molecule is COCc1ccc(C(C(=O)O)N2CCCCCC2)cc1. The van der Waals surface area contributed by atoms with E-state index in [2.05, 4.69) is 4.90 Å². The molecule has 1 aromatic rings. The van der Waals surface area contributed by atoms with Gasteiger partial charge in [-0.2, -0.15) is 0 Å². The largest absolute Gasteiger partial charge is 0.480 e. The molecule has 1 N–H and O–H groups in total. The van der Waals surface area contributed by atoms with Gasteiger partial charge >= 0.3 is 5.97 Å². The van der Waals surface area contributed by atoms with Gasteiger partial charge < -0.3 is 9.84 Å². The molecule has 0 aliphatic carbocycles. The van der Waals surface area contributed by atoms with E-state index in [1.165, 1.54) is 12.8 Å². The third kappa shape index (κ3) is 3.81. The third-order valence-electron chi connectivity index (χ3n) is 3.85. The van der Waals surface area contributed by atoms with Crippen LogP contribution >= 0.6 is 0 Å². The van der Waals surface area contributed by atoms with E-state index in [0.717, 1.165) is 37.1 Å². The summed E-state index contributed by atoms with van der Waals surface area (Å²) in [6.45, 7) is 2.30. The number of carbonyl (C=O) groups is 1. The Kier molecular flexibility index (Phi) is 5.56. The summed E-state index contributed by atoms with van der Waals surface area (Å²) in [5.74, 6) is -0.758. The number of likely N-dealkylation sites (tertiary alicyclic amines) is 1. The lowest BCUT2D eigenvalue weighted by Gasteiger charge is -2.27. The summed E-state index contributed by atoms with van der Waals surface area (Å²) in [5.41, 5.74) is 1.93. The first-order chi connectivity index (χ1) is 9.72. The van der Waals surface area contributed by atoms with Crippen molar-refractivity contribution in [3.8, 4) is 0 Å². The maximum atomic E-state index is 11.7. The van der Waals surface area contributed by atoms with Gasteiger partial charge in [0.2, 0.25) is 0 Å². The van der Waals surface area contributed by atoms with Gasteiger partial charge in [0.15, 0.2) is 0 Å². The van der Waals surface area contributed by atoms with Crippen LogP contribution in [0.1, 0.15) is 42.9 Å². The number of hydrogen-bond acceptors (Lipinski definition) is 3. The highest BCUT2D eigenvalue weighted by atomic mass is 16.5. The lowest BCUT2D eigenvalue weighted by molar-refractivity contribution is -0.143. The average molecular weight is 277 g/mol. The van der Waals surface area contributed by atoms with Crippen LogP contribution in [0.15, 0.2) is 24.3 Å². The zero-order chi connectivity index (χ0) is 14.4. The predicted molar refractivity (Wildman–Crippen MR) is 77.6 cm³/mol. The van der Waals surface area contributed by atoms with Crippen molar-refractivity contribution in [2.45, 2.75) is 38.3 Å². The Bertz CT molecular complexity index is 422. The van der Waals surface area contributed by atoms with Gasteiger partial charge in [-0.25, -0.2) is 0 Å². The van der Waals surface area contributed by atoms with E-state index in [0.29, 0.717) is 6.61 Å². The van der Waals surface area contributed by atoms with Crippen LogP contribution in [-0.2, 0) is 16.1 Å². The fourth-order valence-electron chi connectivity index (χ4n) is 2.83. The second kappa shape index (κ2) is 7.41. The Morgan fingerprint density at radius 3 is 2.30 bits per heavy atom. The Balaban J connectivity index is 2.16. The molecular weight excluding hydrogens is 254 g/mol. The van der Waals surface area contributed by atoms with Crippen LogP contribution in [0.25, 0.3) is 0 Å². The summed E-state index contributed by atoms with van der Waals surface area (Å²) < 4.78 is 5.08. The molecule has 1 atom stereocenters. The van der Waals surface area contributed by atoms with E-state index in [-0.39, 0.29) is 0 Å². The maximum absolute atomic E-state index is 11.7. The van der Waals surface area contributed by atoms with Gasteiger partial charge in [0, 0.05) is 7.11 Å². The zero-order valence-electron chi connectivity index (χ0n) is 12.0. The molecule has 1 aromatic carbocycles. The summed E-state index contributed by atoms with van der Waals surface area (Å²) in [7, 11) is 1.66. The lowest BCUT2D eigenvalue weighted by atomic mass is 10.0. The van der Waals surface area contributed by atoms with Crippen molar-refractivity contribution in [2.75, 3.05) is 20.2 Å². The van der Waals surface area contributed by atoms with E-state index < -0.39 is 12.0 Å². The zero-order valence-corrected chi connectivity index (χ0v) is 12.0. The molecule has 1 unspecified atom stereocenters. The van der Waals surface area contributed by atoms with E-state index in [9.17, 15) is 9.90 Å². The molecule has 110 valence electrons. The number of hydrogen-bond donors (Lipinski definition) is 1. The second-order valence-electron chi connectivity index (χ2n) is 5.37. The van der Waals surface area contributed by atoms with Gasteiger partial charge in [-0.05, 0) is 37.1 Å². The number of ether oxygens (including phenoxy) is 1. The van der Waals surface area contributed by atoms with Crippen LogP contribution in [0.4, 0.5) is 0 Å². The van der Waals surface area contributed by atoms with Crippen molar-refractivity contribution in [3.05, 3.63) is 35.4 Å². The van der Waals surface area contributed by atoms with Gasteiger partial charge in [-0.3, -0.25) is 9.69 Å². The van der Waals surface area contributed by atoms with Crippen molar-refractivity contribution >= 4 is 5.97 Å². The van der Waals surface area contributed by atoms with Crippen LogP contribution in [-0.4, -0.2) is 36.2 Å². The monoisotopic (exact) mass is 277 g/mol. The topological polar surface area (TPSA) is 49.8 Å². The molecule has 1 heterocycles. The van der Waals surface area contributed by atoms with Gasteiger partial charge in [0.25, 0.3) is 0 Å². The lowest BCUT2D eigenvalue weighted by Crippen LogP contribution is -2.34. The summed E-state index contributed by atoms with van der Waals surface area (Å²) >= 11 is 0. The van der Waals surface area contributed by atoms with Crippen LogP contribution < -0.4 is 0 Å². The van der Waals surface area contributed by atoms with E-state index in [1.807, 2.05) is 24.3 Å². The molecule has 1 fully saturated rings. The molecule has 4 heteroatoms. The minimum Gasteiger partial charge on any atom is -0.480 e. The smallest absolute Gasteiger partial charge is 0.325 e. The van der Waals surface area contributed by atoms with Crippen molar-refractivity contribution in [2.24, 2.45) is 0 Å². The molecule has 0 bridgehead atoms. The van der Waals surface area contributed by atoms with Crippen LogP contribution in [0, 0.1) is 0 Å². The second-order valence-corrected chi connectivity index (χ2v) is 5.37. The number of rotatable bonds is 5. The van der Waals surface area contributed by atoms with E-state index in [1.54, 1.807) is 7.11 Å². The highest BCUT2D eigenvalue weighted by molar-refractivity contribution is 5.75. The third-order valence-corrected chi connectivity index (χ3v) is 3.85. The first-order valence-corrected chi connectivity index (χ1v) is 7.27. The molecule has 0 spiro atoms. The minimum absolute atomic E-state index is 0.523. The van der Waals surface area contributed by atoms with Crippen molar-refractivity contribution in [1.29, 1.82) is 0 Å². The molecule has 0 saturated carbocycles. The summed E-state index contributed by atoms with van der Waals surface area (Å²) in [5, 5.41) is 9.58. The minimum atomic E-state index is -0.758.